The summed E-state index contributed by atoms with van der Waals surface area (Å²) >= 11 is 4.00. The number of amides is 1. The number of nitrogens with two attached hydrogens (primary N) is 3. The van der Waals surface area contributed by atoms with Gasteiger partial charge in [-0.25, -0.2) is 0 Å². The number of ketones is 1. The summed E-state index contributed by atoms with van der Waals surface area (Å²) in [5.41, 5.74) is 16.7. The Labute approximate surface area is 192 Å². The van der Waals surface area contributed by atoms with E-state index < -0.39 is 48.4 Å². The first-order valence-corrected chi connectivity index (χ1v) is 10.9. The standard InChI is InChI=1S/C19H34N4O8S/c20-6-2-1-3-14(21)18(28)30-7-8-31-19(29)15(22)5-4-13(24)9-12(11-32)17(27)23-10-16(25)26/h12,14-15,32H,1-11,20-22H2,(H,23,27)(H,25,26)/t12-,14-,15-/m0/s1. The molecule has 0 radical (unpaired) electrons. The first-order valence-electron chi connectivity index (χ1n) is 10.3. The van der Waals surface area contributed by atoms with Gasteiger partial charge in [-0.15, -0.1) is 0 Å². The number of unbranched alkanes of at least 4 members (excludes halogenated alkanes) is 1. The van der Waals surface area contributed by atoms with E-state index in [9.17, 15) is 24.0 Å². The number of Topliss-reactive ketones (excluding diaryl/α,β-unsaturated/α-hetero) is 1. The molecule has 3 atom stereocenters. The van der Waals surface area contributed by atoms with E-state index in [-0.39, 0.29) is 44.0 Å². The van der Waals surface area contributed by atoms with Crippen LogP contribution in [0.4, 0.5) is 0 Å². The second-order valence-corrected chi connectivity index (χ2v) is 7.47. The molecular formula is C19H34N4O8S. The molecule has 0 spiro atoms. The molecule has 0 rings (SSSR count). The Morgan fingerprint density at radius 2 is 1.50 bits per heavy atom. The fourth-order valence-electron chi connectivity index (χ4n) is 2.48. The Morgan fingerprint density at radius 1 is 0.938 bits per heavy atom. The first-order chi connectivity index (χ1) is 15.1. The van der Waals surface area contributed by atoms with Crippen molar-refractivity contribution in [3.63, 3.8) is 0 Å². The summed E-state index contributed by atoms with van der Waals surface area (Å²) in [5, 5.41) is 10.8. The lowest BCUT2D eigenvalue weighted by molar-refractivity contribution is -0.154. The highest BCUT2D eigenvalue weighted by Gasteiger charge is 2.23. The summed E-state index contributed by atoms with van der Waals surface area (Å²) in [6.45, 7) is -0.409. The number of aliphatic carboxylic acids is 1. The first kappa shape index (κ1) is 29.8. The Bertz CT molecular complexity index is 634. The van der Waals surface area contributed by atoms with E-state index >= 15 is 0 Å². The SMILES string of the molecule is NCCCC[C@H](N)C(=O)OCCOC(=O)[C@@H](N)CCC(=O)C[C@@H](CS)C(=O)NCC(=O)O. The second kappa shape index (κ2) is 17.3. The summed E-state index contributed by atoms with van der Waals surface area (Å²) in [5.74, 6) is -4.20. The molecule has 0 saturated carbocycles. The van der Waals surface area contributed by atoms with Crippen LogP contribution >= 0.6 is 12.6 Å². The molecule has 0 aromatic carbocycles. The van der Waals surface area contributed by atoms with Gasteiger partial charge in [0.05, 0.1) is 5.92 Å². The molecule has 0 heterocycles. The Morgan fingerprint density at radius 3 is 2.00 bits per heavy atom. The maximum absolute atomic E-state index is 12.1. The molecular weight excluding hydrogens is 444 g/mol. The van der Waals surface area contributed by atoms with E-state index in [2.05, 4.69) is 17.9 Å². The highest BCUT2D eigenvalue weighted by atomic mass is 32.1. The monoisotopic (exact) mass is 478 g/mol. The molecule has 13 heteroatoms. The van der Waals surface area contributed by atoms with Gasteiger partial charge >= 0.3 is 17.9 Å². The molecule has 0 unspecified atom stereocenters. The Kier molecular flexibility index (Phi) is 16.1. The zero-order chi connectivity index (χ0) is 24.5. The number of ether oxygens (including phenoxy) is 2. The van der Waals surface area contributed by atoms with Crippen LogP contribution in [0, 0.1) is 5.92 Å². The normalized spacial score (nSPS) is 13.5. The number of carbonyl (C=O) groups is 5. The van der Waals surface area contributed by atoms with Crippen LogP contribution in [0.15, 0.2) is 0 Å². The van der Waals surface area contributed by atoms with Crippen LogP contribution in [-0.2, 0) is 33.4 Å². The molecule has 1 amide bonds. The molecule has 0 bridgehead atoms. The van der Waals surface area contributed by atoms with Crippen molar-refractivity contribution in [3.05, 3.63) is 0 Å². The Balaban J connectivity index is 4.14. The zero-order valence-corrected chi connectivity index (χ0v) is 18.9. The number of hydrogen-bond donors (Lipinski definition) is 6. The largest absolute Gasteiger partial charge is 0.480 e. The molecule has 0 aromatic heterocycles. The molecule has 184 valence electrons. The third-order valence-electron chi connectivity index (χ3n) is 4.36. The van der Waals surface area contributed by atoms with E-state index in [4.69, 9.17) is 31.8 Å². The Hall–Kier alpha value is -2.22. The maximum atomic E-state index is 12.1. The number of carboxylic acid groups (broad SMARTS) is 1. The molecule has 32 heavy (non-hydrogen) atoms. The van der Waals surface area contributed by atoms with Gasteiger partial charge in [-0.3, -0.25) is 24.0 Å². The third kappa shape index (κ3) is 14.0. The molecule has 8 N–H and O–H groups in total. The fraction of sp³-hybridized carbons (Fsp3) is 0.737. The summed E-state index contributed by atoms with van der Waals surface area (Å²) in [6.07, 6.45) is 1.68. The van der Waals surface area contributed by atoms with Crippen LogP contribution in [0.25, 0.3) is 0 Å². The van der Waals surface area contributed by atoms with Gasteiger partial charge in [0, 0.05) is 18.6 Å². The fourth-order valence-corrected chi connectivity index (χ4v) is 2.78. The smallest absolute Gasteiger partial charge is 0.323 e. The lowest BCUT2D eigenvalue weighted by Crippen LogP contribution is -2.37. The molecule has 0 saturated heterocycles. The summed E-state index contributed by atoms with van der Waals surface area (Å²) < 4.78 is 9.84. The van der Waals surface area contributed by atoms with Crippen molar-refractivity contribution in [3.8, 4) is 0 Å². The van der Waals surface area contributed by atoms with Crippen molar-refractivity contribution in [1.29, 1.82) is 0 Å². The molecule has 0 aliphatic heterocycles. The average Bonchev–Trinajstić information content (AvgIpc) is 2.76. The highest BCUT2D eigenvalue weighted by Crippen LogP contribution is 2.10. The number of thiol groups is 1. The minimum Gasteiger partial charge on any atom is -0.480 e. The van der Waals surface area contributed by atoms with Crippen molar-refractivity contribution in [2.24, 2.45) is 23.1 Å². The molecule has 12 nitrogen and oxygen atoms in total. The van der Waals surface area contributed by atoms with Crippen molar-refractivity contribution >= 4 is 42.2 Å². The van der Waals surface area contributed by atoms with Gasteiger partial charge < -0.3 is 37.1 Å². The zero-order valence-electron chi connectivity index (χ0n) is 18.0. The van der Waals surface area contributed by atoms with E-state index in [1.807, 2.05) is 0 Å². The number of carbonyl (C=O) groups excluding carboxylic acids is 4. The van der Waals surface area contributed by atoms with Crippen LogP contribution in [0.2, 0.25) is 0 Å². The van der Waals surface area contributed by atoms with Gasteiger partial charge in [0.1, 0.15) is 37.6 Å². The third-order valence-corrected chi connectivity index (χ3v) is 4.80. The molecule has 0 aliphatic rings. The predicted molar refractivity (Wildman–Crippen MR) is 118 cm³/mol. The molecule has 0 aromatic rings. The highest BCUT2D eigenvalue weighted by molar-refractivity contribution is 7.80. The second-order valence-electron chi connectivity index (χ2n) is 7.10. The lowest BCUT2D eigenvalue weighted by atomic mass is 9.99. The number of rotatable bonds is 18. The van der Waals surface area contributed by atoms with Gasteiger partial charge in [0.2, 0.25) is 5.91 Å². The summed E-state index contributed by atoms with van der Waals surface area (Å²) in [4.78, 5) is 58.0. The minimum atomic E-state index is -1.20. The summed E-state index contributed by atoms with van der Waals surface area (Å²) in [6, 6.07) is -1.83. The topological polar surface area (TPSA) is 214 Å². The number of carboxylic acids is 1. The van der Waals surface area contributed by atoms with E-state index in [1.165, 1.54) is 0 Å². The minimum absolute atomic E-state index is 0.000488. The van der Waals surface area contributed by atoms with Gasteiger partial charge in [0.25, 0.3) is 0 Å². The number of hydrogen-bond acceptors (Lipinski definition) is 11. The van der Waals surface area contributed by atoms with E-state index in [0.29, 0.717) is 19.4 Å². The van der Waals surface area contributed by atoms with Gasteiger partial charge in [-0.2, -0.15) is 12.6 Å². The average molecular weight is 479 g/mol. The number of nitrogens with one attached hydrogen (secondary N) is 1. The van der Waals surface area contributed by atoms with Crippen LogP contribution in [0.3, 0.4) is 0 Å². The van der Waals surface area contributed by atoms with Crippen LogP contribution in [0.5, 0.6) is 0 Å². The quantitative estimate of drug-likeness (QED) is 0.0744. The molecule has 0 aliphatic carbocycles. The molecule has 0 fully saturated rings. The van der Waals surface area contributed by atoms with Crippen molar-refractivity contribution in [2.75, 3.05) is 32.1 Å². The maximum Gasteiger partial charge on any atom is 0.323 e. The van der Waals surface area contributed by atoms with Crippen molar-refractivity contribution in [2.45, 2.75) is 50.6 Å². The summed E-state index contributed by atoms with van der Waals surface area (Å²) in [7, 11) is 0. The predicted octanol–water partition coefficient (Wildman–Crippen LogP) is -1.66. The number of esters is 2. The van der Waals surface area contributed by atoms with E-state index in [1.54, 1.807) is 0 Å². The van der Waals surface area contributed by atoms with Crippen molar-refractivity contribution in [1.82, 2.24) is 5.32 Å². The van der Waals surface area contributed by atoms with Crippen LogP contribution < -0.4 is 22.5 Å². The van der Waals surface area contributed by atoms with Gasteiger partial charge in [-0.05, 0) is 25.8 Å². The lowest BCUT2D eigenvalue weighted by Gasteiger charge is -2.15. The van der Waals surface area contributed by atoms with Crippen LogP contribution in [-0.4, -0.2) is 78.8 Å². The van der Waals surface area contributed by atoms with Crippen molar-refractivity contribution < 1.29 is 38.6 Å². The van der Waals surface area contributed by atoms with E-state index in [0.717, 1.165) is 6.42 Å². The van der Waals surface area contributed by atoms with Gasteiger partial charge in [0.15, 0.2) is 0 Å². The van der Waals surface area contributed by atoms with Crippen LogP contribution in [0.1, 0.15) is 38.5 Å². The van der Waals surface area contributed by atoms with Gasteiger partial charge in [-0.1, -0.05) is 6.42 Å².